The van der Waals surface area contributed by atoms with Crippen LogP contribution in [0.4, 0.5) is 0 Å². The lowest BCUT2D eigenvalue weighted by molar-refractivity contribution is 0.637. The molecule has 2 rings (SSSR count). The van der Waals surface area contributed by atoms with Gasteiger partial charge in [-0.25, -0.2) is 0 Å². The highest BCUT2D eigenvalue weighted by atomic mass is 79.9. The van der Waals surface area contributed by atoms with Gasteiger partial charge in [-0.3, -0.25) is 0 Å². The molecule has 0 saturated carbocycles. The van der Waals surface area contributed by atoms with E-state index < -0.39 is 0 Å². The summed E-state index contributed by atoms with van der Waals surface area (Å²) in [5.74, 6) is 0. The van der Waals surface area contributed by atoms with E-state index >= 15 is 0 Å². The van der Waals surface area contributed by atoms with Crippen molar-refractivity contribution in [2.75, 3.05) is 6.54 Å². The molecule has 1 aromatic heterocycles. The third kappa shape index (κ3) is 3.74. The molecule has 1 heterocycles. The molecule has 19 heavy (non-hydrogen) atoms. The molecule has 1 aromatic carbocycles. The van der Waals surface area contributed by atoms with Gasteiger partial charge in [0.25, 0.3) is 0 Å². The maximum absolute atomic E-state index is 6.14. The number of hydrogen-bond donors (Lipinski definition) is 1. The summed E-state index contributed by atoms with van der Waals surface area (Å²) in [6, 6.07) is 7.93. The summed E-state index contributed by atoms with van der Waals surface area (Å²) in [7, 11) is 0. The normalized spacial score (nSPS) is 12.7. The first-order valence-electron chi connectivity index (χ1n) is 5.66. The molecule has 0 fully saturated rings. The Kier molecular flexibility index (Phi) is 5.76. The van der Waals surface area contributed by atoms with Crippen LogP contribution < -0.4 is 5.32 Å². The summed E-state index contributed by atoms with van der Waals surface area (Å²) in [6.07, 6.45) is 0. The average molecular weight is 444 g/mol. The van der Waals surface area contributed by atoms with Crippen molar-refractivity contribution in [2.45, 2.75) is 13.0 Å². The highest BCUT2D eigenvalue weighted by molar-refractivity contribution is 9.10. The zero-order valence-electron chi connectivity index (χ0n) is 10.0. The molecule has 1 atom stereocenters. The number of hydrogen-bond acceptors (Lipinski definition) is 2. The van der Waals surface area contributed by atoms with Crippen LogP contribution in [-0.2, 0) is 0 Å². The number of halogens is 4. The summed E-state index contributed by atoms with van der Waals surface area (Å²) >= 11 is 20.8. The molecule has 0 bridgehead atoms. The van der Waals surface area contributed by atoms with Gasteiger partial charge < -0.3 is 5.32 Å². The first-order valence-corrected chi connectivity index (χ1v) is 8.81. The van der Waals surface area contributed by atoms with E-state index in [0.29, 0.717) is 0 Å². The summed E-state index contributed by atoms with van der Waals surface area (Å²) in [6.45, 7) is 2.94. The van der Waals surface area contributed by atoms with Crippen LogP contribution in [0.5, 0.6) is 0 Å². The third-order valence-corrected chi connectivity index (χ3v) is 6.12. The molecule has 2 aromatic rings. The van der Waals surface area contributed by atoms with Gasteiger partial charge in [0.2, 0.25) is 0 Å². The van der Waals surface area contributed by atoms with E-state index in [4.69, 9.17) is 23.2 Å². The van der Waals surface area contributed by atoms with Crippen molar-refractivity contribution in [1.82, 2.24) is 5.32 Å². The summed E-state index contributed by atoms with van der Waals surface area (Å²) in [4.78, 5) is 1.15. The van der Waals surface area contributed by atoms with Gasteiger partial charge in [0.1, 0.15) is 4.34 Å². The second-order valence-corrected chi connectivity index (χ2v) is 7.76. The highest BCUT2D eigenvalue weighted by Gasteiger charge is 2.19. The fourth-order valence-corrected chi connectivity index (χ4v) is 4.30. The van der Waals surface area contributed by atoms with E-state index in [-0.39, 0.29) is 6.04 Å². The van der Waals surface area contributed by atoms with Crippen LogP contribution >= 0.6 is 66.4 Å². The van der Waals surface area contributed by atoms with Gasteiger partial charge in [0, 0.05) is 18.8 Å². The van der Waals surface area contributed by atoms with Crippen LogP contribution in [0.2, 0.25) is 9.36 Å². The molecule has 0 spiro atoms. The Morgan fingerprint density at radius 2 is 1.95 bits per heavy atom. The van der Waals surface area contributed by atoms with E-state index in [1.807, 2.05) is 24.3 Å². The van der Waals surface area contributed by atoms with E-state index in [2.05, 4.69) is 44.1 Å². The van der Waals surface area contributed by atoms with Gasteiger partial charge in [-0.15, -0.1) is 11.3 Å². The van der Waals surface area contributed by atoms with E-state index in [1.54, 1.807) is 11.3 Å². The van der Waals surface area contributed by atoms with Crippen LogP contribution in [0.1, 0.15) is 23.4 Å². The Morgan fingerprint density at radius 3 is 2.53 bits per heavy atom. The maximum atomic E-state index is 6.14. The molecular formula is C13H11Br2Cl2NS. The molecule has 0 aliphatic heterocycles. The lowest BCUT2D eigenvalue weighted by Gasteiger charge is -2.18. The largest absolute Gasteiger partial charge is 0.306 e. The van der Waals surface area contributed by atoms with Gasteiger partial charge in [0.15, 0.2) is 0 Å². The van der Waals surface area contributed by atoms with Crippen LogP contribution in [-0.4, -0.2) is 6.54 Å². The second-order valence-electron chi connectivity index (χ2n) is 3.93. The molecule has 0 amide bonds. The molecule has 0 radical (unpaired) electrons. The predicted octanol–water partition coefficient (Wildman–Crippen LogP) is 6.28. The summed E-state index contributed by atoms with van der Waals surface area (Å²) in [5, 5.41) is 4.19. The van der Waals surface area contributed by atoms with Crippen molar-refractivity contribution in [3.63, 3.8) is 0 Å². The minimum atomic E-state index is 0.0758. The zero-order chi connectivity index (χ0) is 14.0. The Morgan fingerprint density at radius 1 is 1.21 bits per heavy atom. The summed E-state index contributed by atoms with van der Waals surface area (Å²) < 4.78 is 2.72. The highest BCUT2D eigenvalue weighted by Crippen LogP contribution is 2.39. The topological polar surface area (TPSA) is 12.0 Å². The number of thiophene rings is 1. The lowest BCUT2D eigenvalue weighted by atomic mass is 10.1. The van der Waals surface area contributed by atoms with Crippen molar-refractivity contribution < 1.29 is 0 Å². The van der Waals surface area contributed by atoms with Crippen molar-refractivity contribution in [3.05, 3.63) is 53.0 Å². The molecule has 1 nitrogen and oxygen atoms in total. The summed E-state index contributed by atoms with van der Waals surface area (Å²) in [5.41, 5.74) is 1.11. The standard InChI is InChI=1S/C13H11Br2Cl2NS/c1-2-18-12(11-6-10(15)13(17)19-11)8-5-7(16)3-4-9(8)14/h3-6,12,18H,2H2,1H3. The Hall–Kier alpha value is 0.420. The van der Waals surface area contributed by atoms with Gasteiger partial charge in [-0.05, 0) is 52.3 Å². The molecule has 1 unspecified atom stereocenters. The van der Waals surface area contributed by atoms with Crippen molar-refractivity contribution in [3.8, 4) is 0 Å². The minimum absolute atomic E-state index is 0.0758. The fourth-order valence-electron chi connectivity index (χ4n) is 1.81. The second kappa shape index (κ2) is 6.92. The van der Waals surface area contributed by atoms with Crippen LogP contribution in [0, 0.1) is 0 Å². The van der Waals surface area contributed by atoms with Gasteiger partial charge in [-0.2, -0.15) is 0 Å². The molecule has 1 N–H and O–H groups in total. The molecule has 0 saturated heterocycles. The van der Waals surface area contributed by atoms with Crippen molar-refractivity contribution >= 4 is 66.4 Å². The predicted molar refractivity (Wildman–Crippen MR) is 91.7 cm³/mol. The Labute approximate surface area is 143 Å². The zero-order valence-corrected chi connectivity index (χ0v) is 15.5. The average Bonchev–Trinajstić information content (AvgIpc) is 2.70. The molecule has 0 aliphatic rings. The first kappa shape index (κ1) is 15.8. The number of rotatable bonds is 4. The van der Waals surface area contributed by atoms with Gasteiger partial charge in [0.05, 0.1) is 6.04 Å². The van der Waals surface area contributed by atoms with Crippen LogP contribution in [0.3, 0.4) is 0 Å². The Bertz CT molecular complexity index is 567. The molecule has 6 heteroatoms. The fraction of sp³-hybridized carbons (Fsp3) is 0.231. The van der Waals surface area contributed by atoms with E-state index in [9.17, 15) is 0 Å². The maximum Gasteiger partial charge on any atom is 0.107 e. The number of benzene rings is 1. The smallest absolute Gasteiger partial charge is 0.107 e. The minimum Gasteiger partial charge on any atom is -0.306 e. The van der Waals surface area contributed by atoms with E-state index in [1.165, 1.54) is 0 Å². The quantitative estimate of drug-likeness (QED) is 0.586. The SMILES string of the molecule is CCNC(c1cc(Br)c(Cl)s1)c1cc(Cl)ccc1Br. The molecule has 0 aliphatic carbocycles. The lowest BCUT2D eigenvalue weighted by Crippen LogP contribution is -2.21. The van der Waals surface area contributed by atoms with Crippen LogP contribution in [0.15, 0.2) is 33.2 Å². The Balaban J connectivity index is 2.47. The van der Waals surface area contributed by atoms with Gasteiger partial charge >= 0.3 is 0 Å². The molecular weight excluding hydrogens is 433 g/mol. The monoisotopic (exact) mass is 441 g/mol. The van der Waals surface area contributed by atoms with E-state index in [0.717, 1.165) is 35.3 Å². The molecule has 102 valence electrons. The number of nitrogens with one attached hydrogen (secondary N) is 1. The van der Waals surface area contributed by atoms with Crippen LogP contribution in [0.25, 0.3) is 0 Å². The first-order chi connectivity index (χ1) is 9.02. The van der Waals surface area contributed by atoms with Crippen molar-refractivity contribution in [1.29, 1.82) is 0 Å². The van der Waals surface area contributed by atoms with Gasteiger partial charge in [-0.1, -0.05) is 46.1 Å². The van der Waals surface area contributed by atoms with Crippen molar-refractivity contribution in [2.24, 2.45) is 0 Å². The third-order valence-electron chi connectivity index (χ3n) is 2.63.